The predicted octanol–water partition coefficient (Wildman–Crippen LogP) is 2.41. The van der Waals surface area contributed by atoms with E-state index in [0.29, 0.717) is 28.8 Å². The lowest BCUT2D eigenvalue weighted by Gasteiger charge is -2.29. The molecule has 3 heterocycles. The first-order chi connectivity index (χ1) is 12.7. The van der Waals surface area contributed by atoms with E-state index in [2.05, 4.69) is 17.3 Å². The van der Waals surface area contributed by atoms with Crippen LogP contribution in [-0.2, 0) is 6.61 Å². The molecule has 138 valence electrons. The van der Waals surface area contributed by atoms with Crippen molar-refractivity contribution in [3.63, 3.8) is 0 Å². The van der Waals surface area contributed by atoms with Crippen LogP contribution in [-0.4, -0.2) is 43.8 Å². The fourth-order valence-electron chi connectivity index (χ4n) is 3.11. The highest BCUT2D eigenvalue weighted by molar-refractivity contribution is 5.91. The summed E-state index contributed by atoms with van der Waals surface area (Å²) in [5.41, 5.74) is 0. The van der Waals surface area contributed by atoms with E-state index in [1.54, 1.807) is 24.3 Å². The molecular weight excluding hydrogens is 336 g/mol. The molecule has 2 aliphatic rings. The van der Waals surface area contributed by atoms with Crippen molar-refractivity contribution in [1.82, 2.24) is 10.2 Å². The van der Waals surface area contributed by atoms with Gasteiger partial charge < -0.3 is 28.8 Å². The molecule has 0 aliphatic carbocycles. The monoisotopic (exact) mass is 358 g/mol. The number of hydrogen-bond acceptors (Lipinski definition) is 6. The number of fused-ring (bicyclic) bond motifs is 1. The van der Waals surface area contributed by atoms with Crippen molar-refractivity contribution < 1.29 is 23.4 Å². The minimum absolute atomic E-state index is 0.172. The van der Waals surface area contributed by atoms with Crippen molar-refractivity contribution in [1.29, 1.82) is 0 Å². The molecule has 0 unspecified atom stereocenters. The third kappa shape index (κ3) is 3.77. The molecule has 1 fully saturated rings. The first kappa shape index (κ1) is 16.8. The van der Waals surface area contributed by atoms with Gasteiger partial charge in [-0.3, -0.25) is 4.79 Å². The summed E-state index contributed by atoms with van der Waals surface area (Å²) in [6, 6.07) is 9.04. The topological polar surface area (TPSA) is 73.2 Å². The van der Waals surface area contributed by atoms with E-state index in [1.165, 1.54) is 0 Å². The summed E-state index contributed by atoms with van der Waals surface area (Å²) in [7, 11) is 2.09. The largest absolute Gasteiger partial charge is 0.486 e. The van der Waals surface area contributed by atoms with Crippen LogP contribution in [0, 0.1) is 0 Å². The Morgan fingerprint density at radius 1 is 1.19 bits per heavy atom. The van der Waals surface area contributed by atoms with Gasteiger partial charge in [0.2, 0.25) is 6.79 Å². The molecule has 0 atom stereocenters. The molecule has 0 spiro atoms. The van der Waals surface area contributed by atoms with Crippen molar-refractivity contribution in [3.05, 3.63) is 41.9 Å². The lowest BCUT2D eigenvalue weighted by Crippen LogP contribution is -2.43. The molecule has 1 amide bonds. The van der Waals surface area contributed by atoms with Gasteiger partial charge in [0, 0.05) is 12.1 Å². The molecule has 2 aromatic rings. The number of nitrogens with one attached hydrogen (secondary N) is 1. The Labute approximate surface area is 151 Å². The average molecular weight is 358 g/mol. The molecule has 0 bridgehead atoms. The molecule has 7 heteroatoms. The maximum absolute atomic E-state index is 12.3. The van der Waals surface area contributed by atoms with Crippen LogP contribution < -0.4 is 19.5 Å². The number of rotatable bonds is 5. The van der Waals surface area contributed by atoms with Crippen LogP contribution in [0.1, 0.15) is 29.2 Å². The summed E-state index contributed by atoms with van der Waals surface area (Å²) >= 11 is 0. The van der Waals surface area contributed by atoms with Crippen LogP contribution in [0.3, 0.4) is 0 Å². The van der Waals surface area contributed by atoms with Crippen molar-refractivity contribution in [3.8, 4) is 17.2 Å². The number of nitrogens with zero attached hydrogens (tertiary/aromatic N) is 1. The van der Waals surface area contributed by atoms with Gasteiger partial charge >= 0.3 is 0 Å². The molecule has 0 saturated carbocycles. The van der Waals surface area contributed by atoms with Crippen molar-refractivity contribution >= 4 is 5.91 Å². The second-order valence-electron chi connectivity index (χ2n) is 6.62. The van der Waals surface area contributed by atoms with Crippen molar-refractivity contribution in [2.45, 2.75) is 25.5 Å². The molecule has 7 nitrogen and oxygen atoms in total. The predicted molar refractivity (Wildman–Crippen MR) is 93.6 cm³/mol. The average Bonchev–Trinajstić information content (AvgIpc) is 3.30. The number of likely N-dealkylation sites (tertiary alicyclic amines) is 1. The van der Waals surface area contributed by atoms with E-state index < -0.39 is 0 Å². The lowest BCUT2D eigenvalue weighted by atomic mass is 10.1. The van der Waals surface area contributed by atoms with Gasteiger partial charge in [-0.05, 0) is 57.2 Å². The van der Waals surface area contributed by atoms with Crippen molar-refractivity contribution in [2.24, 2.45) is 0 Å². The fraction of sp³-hybridized carbons (Fsp3) is 0.421. The summed E-state index contributed by atoms with van der Waals surface area (Å²) in [6.07, 6.45) is 1.92. The SMILES string of the molecule is CN1CCC(NC(=O)c2ccc(COc3ccc4c(c3)OCO4)o2)CC1. The number of furan rings is 1. The molecule has 1 aromatic heterocycles. The van der Waals surface area contributed by atoms with Gasteiger partial charge in [-0.15, -0.1) is 0 Å². The van der Waals surface area contributed by atoms with Crippen LogP contribution >= 0.6 is 0 Å². The molecule has 2 aliphatic heterocycles. The molecule has 1 saturated heterocycles. The highest BCUT2D eigenvalue weighted by Gasteiger charge is 2.21. The molecule has 4 rings (SSSR count). The number of piperidine rings is 1. The van der Waals surface area contributed by atoms with E-state index in [4.69, 9.17) is 18.6 Å². The van der Waals surface area contributed by atoms with Gasteiger partial charge in [-0.25, -0.2) is 0 Å². The number of hydrogen-bond donors (Lipinski definition) is 1. The molecule has 1 aromatic carbocycles. The Balaban J connectivity index is 1.30. The third-order valence-electron chi connectivity index (χ3n) is 4.66. The minimum Gasteiger partial charge on any atom is -0.486 e. The zero-order valence-corrected chi connectivity index (χ0v) is 14.7. The highest BCUT2D eigenvalue weighted by atomic mass is 16.7. The van der Waals surface area contributed by atoms with Gasteiger partial charge in [0.25, 0.3) is 5.91 Å². The standard InChI is InChI=1S/C19H22N2O5/c1-21-8-6-13(7-9-21)20-19(22)17-5-3-15(26-17)11-23-14-2-4-16-18(10-14)25-12-24-16/h2-5,10,13H,6-9,11-12H2,1H3,(H,20,22). The lowest BCUT2D eigenvalue weighted by molar-refractivity contribution is 0.0884. The summed E-state index contributed by atoms with van der Waals surface area (Å²) in [4.78, 5) is 14.6. The van der Waals surface area contributed by atoms with Crippen LogP contribution in [0.25, 0.3) is 0 Å². The van der Waals surface area contributed by atoms with Gasteiger partial charge in [-0.1, -0.05) is 0 Å². The minimum atomic E-state index is -0.172. The molecular formula is C19H22N2O5. The summed E-state index contributed by atoms with van der Waals surface area (Å²) in [5, 5.41) is 3.04. The molecule has 1 N–H and O–H groups in total. The molecule has 26 heavy (non-hydrogen) atoms. The Morgan fingerprint density at radius 3 is 2.85 bits per heavy atom. The van der Waals surface area contributed by atoms with Gasteiger partial charge in [0.1, 0.15) is 18.1 Å². The van der Waals surface area contributed by atoms with Crippen LogP contribution in [0.5, 0.6) is 17.2 Å². The molecule has 0 radical (unpaired) electrons. The second kappa shape index (κ2) is 7.29. The van der Waals surface area contributed by atoms with Crippen molar-refractivity contribution in [2.75, 3.05) is 26.9 Å². The Morgan fingerprint density at radius 2 is 2.00 bits per heavy atom. The second-order valence-corrected chi connectivity index (χ2v) is 6.62. The number of carbonyl (C=O) groups excluding carboxylic acids is 1. The number of carbonyl (C=O) groups is 1. The number of amides is 1. The van der Waals surface area contributed by atoms with E-state index in [9.17, 15) is 4.79 Å². The first-order valence-corrected chi connectivity index (χ1v) is 8.78. The quantitative estimate of drug-likeness (QED) is 0.885. The fourth-order valence-corrected chi connectivity index (χ4v) is 3.11. The van der Waals surface area contributed by atoms with Crippen LogP contribution in [0.4, 0.5) is 0 Å². The van der Waals surface area contributed by atoms with Crippen LogP contribution in [0.2, 0.25) is 0 Å². The summed E-state index contributed by atoms with van der Waals surface area (Å²) in [6.45, 7) is 2.46. The van der Waals surface area contributed by atoms with E-state index in [0.717, 1.165) is 25.9 Å². The number of ether oxygens (including phenoxy) is 3. The maximum atomic E-state index is 12.3. The normalized spacial score (nSPS) is 17.3. The highest BCUT2D eigenvalue weighted by Crippen LogP contribution is 2.35. The van der Waals surface area contributed by atoms with Gasteiger partial charge in [0.15, 0.2) is 17.3 Å². The zero-order valence-electron chi connectivity index (χ0n) is 14.7. The zero-order chi connectivity index (χ0) is 17.9. The smallest absolute Gasteiger partial charge is 0.287 e. The Kier molecular flexibility index (Phi) is 4.71. The summed E-state index contributed by atoms with van der Waals surface area (Å²) in [5.74, 6) is 2.77. The Bertz CT molecular complexity index is 780. The van der Waals surface area contributed by atoms with Gasteiger partial charge in [0.05, 0.1) is 0 Å². The number of benzene rings is 1. The summed E-state index contributed by atoms with van der Waals surface area (Å²) < 4.78 is 21.9. The van der Waals surface area contributed by atoms with E-state index >= 15 is 0 Å². The van der Waals surface area contributed by atoms with E-state index in [-0.39, 0.29) is 25.3 Å². The first-order valence-electron chi connectivity index (χ1n) is 8.78. The van der Waals surface area contributed by atoms with Crippen LogP contribution in [0.15, 0.2) is 34.7 Å². The Hall–Kier alpha value is -2.67. The maximum Gasteiger partial charge on any atom is 0.287 e. The third-order valence-corrected chi connectivity index (χ3v) is 4.66. The van der Waals surface area contributed by atoms with E-state index in [1.807, 2.05) is 6.07 Å². The van der Waals surface area contributed by atoms with Gasteiger partial charge in [-0.2, -0.15) is 0 Å².